The standard InChI is InChI=1S/C13H10Cl2FN5/c1-6-11-12(18-13(15)17-6)21(20-19-11)7(2)9-4-3-8(14)5-10(9)16/h3-5,7H,1-2H3/t7-/m1/s1. The van der Waals surface area contributed by atoms with E-state index in [9.17, 15) is 4.39 Å². The molecule has 3 aromatic rings. The number of rotatable bonds is 2. The summed E-state index contributed by atoms with van der Waals surface area (Å²) in [5, 5.41) is 8.52. The maximum Gasteiger partial charge on any atom is 0.224 e. The highest BCUT2D eigenvalue weighted by atomic mass is 35.5. The van der Waals surface area contributed by atoms with E-state index in [0.29, 0.717) is 27.4 Å². The highest BCUT2D eigenvalue weighted by Gasteiger charge is 2.19. The van der Waals surface area contributed by atoms with E-state index in [0.717, 1.165) is 0 Å². The third kappa shape index (κ3) is 2.45. The lowest BCUT2D eigenvalue weighted by molar-refractivity contribution is 0.517. The zero-order valence-electron chi connectivity index (χ0n) is 11.2. The molecule has 108 valence electrons. The van der Waals surface area contributed by atoms with E-state index in [1.165, 1.54) is 10.7 Å². The van der Waals surface area contributed by atoms with Gasteiger partial charge in [0.05, 0.1) is 11.7 Å². The van der Waals surface area contributed by atoms with E-state index in [-0.39, 0.29) is 5.28 Å². The van der Waals surface area contributed by atoms with Crippen LogP contribution >= 0.6 is 23.2 Å². The quantitative estimate of drug-likeness (QED) is 0.676. The van der Waals surface area contributed by atoms with Gasteiger partial charge in [-0.05, 0) is 37.6 Å². The van der Waals surface area contributed by atoms with Crippen molar-refractivity contribution in [1.82, 2.24) is 25.0 Å². The van der Waals surface area contributed by atoms with Gasteiger partial charge in [-0.3, -0.25) is 0 Å². The summed E-state index contributed by atoms with van der Waals surface area (Å²) in [7, 11) is 0. The minimum Gasteiger partial charge on any atom is -0.221 e. The van der Waals surface area contributed by atoms with E-state index < -0.39 is 11.9 Å². The molecule has 1 aromatic carbocycles. The first kappa shape index (κ1) is 14.2. The molecule has 0 saturated carbocycles. The Kier molecular flexibility index (Phi) is 3.51. The van der Waals surface area contributed by atoms with Gasteiger partial charge < -0.3 is 0 Å². The molecular weight excluding hydrogens is 316 g/mol. The van der Waals surface area contributed by atoms with Crippen molar-refractivity contribution in [3.05, 3.63) is 45.6 Å². The van der Waals surface area contributed by atoms with Gasteiger partial charge in [-0.15, -0.1) is 5.10 Å². The van der Waals surface area contributed by atoms with E-state index in [2.05, 4.69) is 20.3 Å². The number of aryl methyl sites for hydroxylation is 1. The molecule has 8 heteroatoms. The second-order valence-corrected chi connectivity index (χ2v) is 5.40. The predicted molar refractivity (Wildman–Crippen MR) is 78.1 cm³/mol. The lowest BCUT2D eigenvalue weighted by Crippen LogP contribution is -2.11. The predicted octanol–water partition coefficient (Wildman–Crippen LogP) is 3.58. The van der Waals surface area contributed by atoms with Crippen LogP contribution in [0.1, 0.15) is 24.2 Å². The first-order valence-corrected chi connectivity index (χ1v) is 6.93. The van der Waals surface area contributed by atoms with Crippen LogP contribution in [0.2, 0.25) is 10.3 Å². The number of hydrogen-bond donors (Lipinski definition) is 0. The Bertz CT molecular complexity index is 833. The number of benzene rings is 1. The van der Waals surface area contributed by atoms with Crippen molar-refractivity contribution in [1.29, 1.82) is 0 Å². The van der Waals surface area contributed by atoms with Gasteiger partial charge >= 0.3 is 0 Å². The fraction of sp³-hybridized carbons (Fsp3) is 0.231. The molecule has 21 heavy (non-hydrogen) atoms. The molecule has 0 aliphatic heterocycles. The lowest BCUT2D eigenvalue weighted by atomic mass is 10.1. The molecule has 0 saturated heterocycles. The molecule has 5 nitrogen and oxygen atoms in total. The van der Waals surface area contributed by atoms with Crippen molar-refractivity contribution >= 4 is 34.4 Å². The van der Waals surface area contributed by atoms with Gasteiger partial charge in [-0.25, -0.2) is 14.1 Å². The van der Waals surface area contributed by atoms with Crippen molar-refractivity contribution in [2.75, 3.05) is 0 Å². The van der Waals surface area contributed by atoms with Crippen molar-refractivity contribution in [2.45, 2.75) is 19.9 Å². The van der Waals surface area contributed by atoms with Gasteiger partial charge in [0.25, 0.3) is 0 Å². The smallest absolute Gasteiger partial charge is 0.221 e. The van der Waals surface area contributed by atoms with E-state index >= 15 is 0 Å². The fourth-order valence-electron chi connectivity index (χ4n) is 2.16. The molecule has 2 heterocycles. The van der Waals surface area contributed by atoms with Crippen LogP contribution in [0.25, 0.3) is 11.2 Å². The average molecular weight is 326 g/mol. The second-order valence-electron chi connectivity index (χ2n) is 4.63. The van der Waals surface area contributed by atoms with Gasteiger partial charge in [0.1, 0.15) is 5.82 Å². The summed E-state index contributed by atoms with van der Waals surface area (Å²) in [6.07, 6.45) is 0. The van der Waals surface area contributed by atoms with Gasteiger partial charge in [0.15, 0.2) is 11.2 Å². The van der Waals surface area contributed by atoms with Crippen LogP contribution in [0.4, 0.5) is 4.39 Å². The largest absolute Gasteiger partial charge is 0.224 e. The summed E-state index contributed by atoms with van der Waals surface area (Å²) in [5.41, 5.74) is 2.08. The number of fused-ring (bicyclic) bond motifs is 1. The van der Waals surface area contributed by atoms with Crippen LogP contribution in [0, 0.1) is 12.7 Å². The van der Waals surface area contributed by atoms with Crippen LogP contribution in [-0.4, -0.2) is 25.0 Å². The molecule has 3 rings (SSSR count). The van der Waals surface area contributed by atoms with Crippen molar-refractivity contribution in [2.24, 2.45) is 0 Å². The first-order chi connectivity index (χ1) is 9.97. The Morgan fingerprint density at radius 3 is 2.71 bits per heavy atom. The molecule has 0 bridgehead atoms. The van der Waals surface area contributed by atoms with Crippen LogP contribution in [0.3, 0.4) is 0 Å². The molecule has 0 amide bonds. The summed E-state index contributed by atoms with van der Waals surface area (Å²) >= 11 is 11.6. The zero-order valence-corrected chi connectivity index (χ0v) is 12.7. The molecule has 0 unspecified atom stereocenters. The third-order valence-electron chi connectivity index (χ3n) is 3.25. The molecule has 0 radical (unpaired) electrons. The van der Waals surface area contributed by atoms with Crippen LogP contribution in [-0.2, 0) is 0 Å². The molecule has 1 atom stereocenters. The molecule has 0 fully saturated rings. The van der Waals surface area contributed by atoms with Gasteiger partial charge in [-0.2, -0.15) is 4.98 Å². The van der Waals surface area contributed by atoms with Gasteiger partial charge in [0, 0.05) is 10.6 Å². The summed E-state index contributed by atoms with van der Waals surface area (Å²) in [4.78, 5) is 8.16. The molecule has 0 N–H and O–H groups in total. The summed E-state index contributed by atoms with van der Waals surface area (Å²) in [6, 6.07) is 4.10. The highest BCUT2D eigenvalue weighted by Crippen LogP contribution is 2.26. The molecule has 0 aliphatic carbocycles. The summed E-state index contributed by atoms with van der Waals surface area (Å²) < 4.78 is 15.6. The average Bonchev–Trinajstić information content (AvgIpc) is 2.82. The normalized spacial score (nSPS) is 12.8. The lowest BCUT2D eigenvalue weighted by Gasteiger charge is -2.13. The fourth-order valence-corrected chi connectivity index (χ4v) is 2.53. The minimum atomic E-state index is -0.407. The van der Waals surface area contributed by atoms with Crippen LogP contribution in [0.5, 0.6) is 0 Å². The minimum absolute atomic E-state index is 0.104. The number of hydrogen-bond acceptors (Lipinski definition) is 4. The Morgan fingerprint density at radius 1 is 1.24 bits per heavy atom. The van der Waals surface area contributed by atoms with Crippen LogP contribution < -0.4 is 0 Å². The Labute approximate surface area is 129 Å². The van der Waals surface area contributed by atoms with Gasteiger partial charge in [0.2, 0.25) is 5.28 Å². The van der Waals surface area contributed by atoms with Crippen LogP contribution in [0.15, 0.2) is 18.2 Å². The maximum atomic E-state index is 14.0. The number of aromatic nitrogens is 5. The zero-order chi connectivity index (χ0) is 15.1. The van der Waals surface area contributed by atoms with Crippen molar-refractivity contribution in [3.8, 4) is 0 Å². The second kappa shape index (κ2) is 5.20. The Hall–Kier alpha value is -1.79. The number of halogens is 3. The molecular formula is C13H10Cl2FN5. The third-order valence-corrected chi connectivity index (χ3v) is 3.65. The van der Waals surface area contributed by atoms with E-state index in [1.54, 1.807) is 26.0 Å². The van der Waals surface area contributed by atoms with Crippen molar-refractivity contribution in [3.63, 3.8) is 0 Å². The van der Waals surface area contributed by atoms with E-state index in [1.807, 2.05) is 0 Å². The van der Waals surface area contributed by atoms with Crippen molar-refractivity contribution < 1.29 is 4.39 Å². The molecule has 0 aliphatic rings. The summed E-state index contributed by atoms with van der Waals surface area (Å²) in [6.45, 7) is 3.56. The highest BCUT2D eigenvalue weighted by molar-refractivity contribution is 6.30. The molecule has 2 aromatic heterocycles. The Morgan fingerprint density at radius 2 is 2.00 bits per heavy atom. The number of nitrogens with zero attached hydrogens (tertiary/aromatic N) is 5. The monoisotopic (exact) mass is 325 g/mol. The SMILES string of the molecule is Cc1nc(Cl)nc2c1nnn2[C@H](C)c1ccc(Cl)cc1F. The summed E-state index contributed by atoms with van der Waals surface area (Å²) in [5.74, 6) is -0.407. The maximum absolute atomic E-state index is 14.0. The topological polar surface area (TPSA) is 56.5 Å². The molecule has 0 spiro atoms. The first-order valence-electron chi connectivity index (χ1n) is 6.17. The van der Waals surface area contributed by atoms with Gasteiger partial charge in [-0.1, -0.05) is 22.9 Å². The van der Waals surface area contributed by atoms with E-state index in [4.69, 9.17) is 23.2 Å². The Balaban J connectivity index is 2.15.